The quantitative estimate of drug-likeness (QED) is 0.834. The van der Waals surface area contributed by atoms with Crippen molar-refractivity contribution in [2.24, 2.45) is 0 Å². The van der Waals surface area contributed by atoms with Crippen molar-refractivity contribution >= 4 is 11.6 Å². The number of nitrogens with zero attached hydrogens (tertiary/aromatic N) is 1. The number of anilines is 1. The lowest BCUT2D eigenvalue weighted by Gasteiger charge is -2.21. The summed E-state index contributed by atoms with van der Waals surface area (Å²) in [4.78, 5) is 13.4. The highest BCUT2D eigenvalue weighted by Crippen LogP contribution is 2.28. The van der Waals surface area contributed by atoms with E-state index in [4.69, 9.17) is 4.74 Å². The number of fused-ring (bicyclic) bond motifs is 1. The molecule has 104 valence electrons. The molecule has 0 fully saturated rings. The highest BCUT2D eigenvalue weighted by atomic mass is 16.5. The number of carbonyl (C=O) groups excluding carboxylic acids is 1. The second-order valence-corrected chi connectivity index (χ2v) is 5.11. The summed E-state index contributed by atoms with van der Waals surface area (Å²) in [5.41, 5.74) is 1.90. The third-order valence-electron chi connectivity index (χ3n) is 3.33. The van der Waals surface area contributed by atoms with Gasteiger partial charge >= 0.3 is 0 Å². The van der Waals surface area contributed by atoms with Crippen LogP contribution in [0.4, 0.5) is 5.69 Å². The molecule has 0 radical (unpaired) electrons. The first-order valence-corrected chi connectivity index (χ1v) is 6.49. The Labute approximate surface area is 113 Å². The Morgan fingerprint density at radius 3 is 3.00 bits per heavy atom. The number of carbonyl (C=O) groups is 1. The van der Waals surface area contributed by atoms with Gasteiger partial charge in [0.15, 0.2) is 6.61 Å². The fourth-order valence-corrected chi connectivity index (χ4v) is 1.85. The van der Waals surface area contributed by atoms with Gasteiger partial charge in [-0.05, 0) is 38.7 Å². The molecule has 5 nitrogen and oxygen atoms in total. The van der Waals surface area contributed by atoms with E-state index >= 15 is 0 Å². The van der Waals surface area contributed by atoms with E-state index in [0.29, 0.717) is 6.04 Å². The molecule has 0 bridgehead atoms. The fourth-order valence-electron chi connectivity index (χ4n) is 1.85. The van der Waals surface area contributed by atoms with Crippen molar-refractivity contribution in [2.45, 2.75) is 19.5 Å². The molecular weight excluding hydrogens is 242 g/mol. The first-order valence-electron chi connectivity index (χ1n) is 6.49. The van der Waals surface area contributed by atoms with E-state index in [0.717, 1.165) is 30.1 Å². The number of amides is 1. The van der Waals surface area contributed by atoms with Crippen LogP contribution in [0.3, 0.4) is 0 Å². The average Bonchev–Trinajstić information content (AvgIpc) is 2.38. The molecule has 1 aromatic rings. The number of likely N-dealkylation sites (N-methyl/N-ethyl adjacent to an activating group) is 1. The van der Waals surface area contributed by atoms with Crippen LogP contribution in [0.15, 0.2) is 18.2 Å². The third kappa shape index (κ3) is 3.68. The standard InChI is InChI=1S/C14H21N3O2/c1-10(17(2)3)7-15-8-11-4-5-13-12(6-11)16-14(18)9-19-13/h4-6,10,15H,7-9H2,1-3H3,(H,16,18). The van der Waals surface area contributed by atoms with Gasteiger partial charge in [-0.15, -0.1) is 0 Å². The monoisotopic (exact) mass is 263 g/mol. The minimum atomic E-state index is -0.0983. The van der Waals surface area contributed by atoms with Gasteiger partial charge in [0.05, 0.1) is 5.69 Å². The SMILES string of the molecule is CC(CNCc1ccc2c(c1)NC(=O)CO2)N(C)C. The van der Waals surface area contributed by atoms with Crippen LogP contribution >= 0.6 is 0 Å². The number of ether oxygens (including phenoxy) is 1. The van der Waals surface area contributed by atoms with Crippen LogP contribution in [0.1, 0.15) is 12.5 Å². The first kappa shape index (κ1) is 13.8. The zero-order chi connectivity index (χ0) is 13.8. The summed E-state index contributed by atoms with van der Waals surface area (Å²) < 4.78 is 5.33. The maximum Gasteiger partial charge on any atom is 0.262 e. The zero-order valence-electron chi connectivity index (χ0n) is 11.7. The Morgan fingerprint density at radius 2 is 2.26 bits per heavy atom. The molecule has 1 heterocycles. The minimum Gasteiger partial charge on any atom is -0.482 e. The molecule has 0 saturated carbocycles. The topological polar surface area (TPSA) is 53.6 Å². The summed E-state index contributed by atoms with van der Waals surface area (Å²) in [7, 11) is 4.14. The highest BCUT2D eigenvalue weighted by molar-refractivity contribution is 5.95. The molecular formula is C14H21N3O2. The van der Waals surface area contributed by atoms with Gasteiger partial charge in [0, 0.05) is 19.1 Å². The van der Waals surface area contributed by atoms with Gasteiger partial charge in [-0.3, -0.25) is 4.79 Å². The van der Waals surface area contributed by atoms with Gasteiger partial charge in [0.2, 0.25) is 0 Å². The van der Waals surface area contributed by atoms with Crippen molar-refractivity contribution < 1.29 is 9.53 Å². The second kappa shape index (κ2) is 6.04. The van der Waals surface area contributed by atoms with Crippen LogP contribution in [-0.2, 0) is 11.3 Å². The number of rotatable bonds is 5. The smallest absolute Gasteiger partial charge is 0.262 e. The number of hydrogen-bond acceptors (Lipinski definition) is 4. The summed E-state index contributed by atoms with van der Waals surface area (Å²) in [6.07, 6.45) is 0. The second-order valence-electron chi connectivity index (χ2n) is 5.11. The van der Waals surface area contributed by atoms with E-state index in [9.17, 15) is 4.79 Å². The van der Waals surface area contributed by atoms with Crippen molar-refractivity contribution in [1.82, 2.24) is 10.2 Å². The molecule has 1 aliphatic heterocycles. The van der Waals surface area contributed by atoms with E-state index in [2.05, 4.69) is 36.6 Å². The first-order chi connectivity index (χ1) is 9.06. The molecule has 0 spiro atoms. The van der Waals surface area contributed by atoms with Gasteiger partial charge in [-0.25, -0.2) is 0 Å². The summed E-state index contributed by atoms with van der Waals surface area (Å²) in [6.45, 7) is 3.98. The molecule has 1 aliphatic rings. The molecule has 0 aliphatic carbocycles. The van der Waals surface area contributed by atoms with Crippen LogP contribution in [0.5, 0.6) is 5.75 Å². The lowest BCUT2D eigenvalue weighted by atomic mass is 10.1. The lowest BCUT2D eigenvalue weighted by Crippen LogP contribution is -2.35. The van der Waals surface area contributed by atoms with Crippen molar-refractivity contribution in [3.63, 3.8) is 0 Å². The van der Waals surface area contributed by atoms with Crippen molar-refractivity contribution in [3.05, 3.63) is 23.8 Å². The normalized spacial score (nSPS) is 15.7. The number of hydrogen-bond donors (Lipinski definition) is 2. The summed E-state index contributed by atoms with van der Waals surface area (Å²) in [5.74, 6) is 0.642. The van der Waals surface area contributed by atoms with Gasteiger partial charge in [0.1, 0.15) is 5.75 Å². The molecule has 1 aromatic carbocycles. The summed E-state index contributed by atoms with van der Waals surface area (Å²) in [6, 6.07) is 6.37. The van der Waals surface area contributed by atoms with E-state index in [1.807, 2.05) is 18.2 Å². The van der Waals surface area contributed by atoms with Crippen LogP contribution in [0, 0.1) is 0 Å². The van der Waals surface area contributed by atoms with Gasteiger partial charge < -0.3 is 20.3 Å². The van der Waals surface area contributed by atoms with Crippen molar-refractivity contribution in [3.8, 4) is 5.75 Å². The largest absolute Gasteiger partial charge is 0.482 e. The molecule has 1 atom stereocenters. The van der Waals surface area contributed by atoms with Gasteiger partial charge in [0.25, 0.3) is 5.91 Å². The lowest BCUT2D eigenvalue weighted by molar-refractivity contribution is -0.118. The fraction of sp³-hybridized carbons (Fsp3) is 0.500. The Morgan fingerprint density at radius 1 is 1.47 bits per heavy atom. The average molecular weight is 263 g/mol. The van der Waals surface area contributed by atoms with E-state index < -0.39 is 0 Å². The number of benzene rings is 1. The van der Waals surface area contributed by atoms with E-state index in [1.54, 1.807) is 0 Å². The third-order valence-corrected chi connectivity index (χ3v) is 3.33. The van der Waals surface area contributed by atoms with Crippen LogP contribution < -0.4 is 15.4 Å². The molecule has 1 amide bonds. The molecule has 2 rings (SSSR count). The summed E-state index contributed by atoms with van der Waals surface area (Å²) >= 11 is 0. The van der Waals surface area contributed by atoms with E-state index in [1.165, 1.54) is 0 Å². The predicted molar refractivity (Wildman–Crippen MR) is 75.4 cm³/mol. The predicted octanol–water partition coefficient (Wildman–Crippen LogP) is 1.06. The Hall–Kier alpha value is -1.59. The number of nitrogens with one attached hydrogen (secondary N) is 2. The molecule has 5 heteroatoms. The van der Waals surface area contributed by atoms with Crippen LogP contribution in [-0.4, -0.2) is 44.1 Å². The molecule has 2 N–H and O–H groups in total. The summed E-state index contributed by atoms with van der Waals surface area (Å²) in [5, 5.41) is 6.22. The Kier molecular flexibility index (Phi) is 4.39. The zero-order valence-corrected chi connectivity index (χ0v) is 11.7. The Bertz CT molecular complexity index is 460. The van der Waals surface area contributed by atoms with Gasteiger partial charge in [-0.2, -0.15) is 0 Å². The van der Waals surface area contributed by atoms with Crippen LogP contribution in [0.25, 0.3) is 0 Å². The molecule has 1 unspecified atom stereocenters. The van der Waals surface area contributed by atoms with Crippen molar-refractivity contribution in [1.29, 1.82) is 0 Å². The van der Waals surface area contributed by atoms with Crippen molar-refractivity contribution in [2.75, 3.05) is 32.6 Å². The van der Waals surface area contributed by atoms with E-state index in [-0.39, 0.29) is 12.5 Å². The molecule has 19 heavy (non-hydrogen) atoms. The maximum absolute atomic E-state index is 11.3. The maximum atomic E-state index is 11.3. The minimum absolute atomic E-state index is 0.0983. The Balaban J connectivity index is 1.91. The van der Waals surface area contributed by atoms with Gasteiger partial charge in [-0.1, -0.05) is 6.07 Å². The molecule has 0 saturated heterocycles. The molecule has 0 aromatic heterocycles. The van der Waals surface area contributed by atoms with Crippen LogP contribution in [0.2, 0.25) is 0 Å². The highest BCUT2D eigenvalue weighted by Gasteiger charge is 2.15.